The second kappa shape index (κ2) is 15.3. The summed E-state index contributed by atoms with van der Waals surface area (Å²) >= 11 is 12.8. The zero-order valence-electron chi connectivity index (χ0n) is 30.1. The highest BCUT2D eigenvalue weighted by atomic mass is 35.5. The Morgan fingerprint density at radius 1 is 0.887 bits per heavy atom. The normalized spacial score (nSPS) is 16.2. The van der Waals surface area contributed by atoms with E-state index in [9.17, 15) is 4.79 Å². The molecule has 1 atom stereocenters. The number of carbonyl (C=O) groups excluding carboxylic acids is 1. The van der Waals surface area contributed by atoms with Gasteiger partial charge in [0.25, 0.3) is 5.91 Å². The molecule has 2 fully saturated rings. The monoisotopic (exact) mass is 746 g/mol. The molecule has 2 aromatic heterocycles. The summed E-state index contributed by atoms with van der Waals surface area (Å²) in [6.07, 6.45) is 8.45. The first-order chi connectivity index (χ1) is 25.9. The van der Waals surface area contributed by atoms with Gasteiger partial charge in [-0.1, -0.05) is 91.0 Å². The average Bonchev–Trinajstić information content (AvgIpc) is 3.80. The molecule has 272 valence electrons. The Morgan fingerprint density at radius 3 is 2.36 bits per heavy atom. The Labute approximate surface area is 320 Å². The number of H-pyrrole nitrogens is 1. The molecule has 2 aliphatic rings. The fraction of sp³-hybridized carbons (Fsp3) is 0.302. The summed E-state index contributed by atoms with van der Waals surface area (Å²) in [5, 5.41) is 5.44. The van der Waals surface area contributed by atoms with E-state index in [-0.39, 0.29) is 11.9 Å². The number of amides is 1. The Bertz CT molecular complexity index is 2220. The van der Waals surface area contributed by atoms with Crippen LogP contribution in [-0.2, 0) is 0 Å². The maximum Gasteiger partial charge on any atom is 0.272 e. The van der Waals surface area contributed by atoms with Crippen LogP contribution in [0.25, 0.3) is 33.4 Å². The van der Waals surface area contributed by atoms with Gasteiger partial charge in [-0.3, -0.25) is 9.69 Å². The lowest BCUT2D eigenvalue weighted by Gasteiger charge is -2.42. The first-order valence-electron chi connectivity index (χ1n) is 18.6. The Hall–Kier alpha value is -4.76. The minimum atomic E-state index is -0.259. The number of piperazine rings is 1. The number of aromatic nitrogens is 3. The molecule has 1 aliphatic heterocycles. The quantitative estimate of drug-likeness (QED) is 0.154. The molecule has 3 heterocycles. The SMILES string of the molecule is COc1ccc(NC(=O)c2[nH]c3cc(Cl)ccc3c2-c2c(-c3ccccc3)ncn2[C@@H](C)c2ccc(Cl)cc2)c(N2CCN(C3CCCCC3)CC2)c1. The van der Waals surface area contributed by atoms with Crippen LogP contribution in [0.4, 0.5) is 11.4 Å². The number of nitrogens with one attached hydrogen (secondary N) is 2. The fourth-order valence-electron chi connectivity index (χ4n) is 8.16. The number of hydrogen-bond acceptors (Lipinski definition) is 5. The lowest BCUT2D eigenvalue weighted by molar-refractivity contribution is 0.102. The third-order valence-electron chi connectivity index (χ3n) is 11.0. The van der Waals surface area contributed by atoms with Gasteiger partial charge in [-0.05, 0) is 61.7 Å². The molecule has 53 heavy (non-hydrogen) atoms. The van der Waals surface area contributed by atoms with Crippen molar-refractivity contribution in [1.29, 1.82) is 0 Å². The van der Waals surface area contributed by atoms with Crippen molar-refractivity contribution in [2.75, 3.05) is 43.5 Å². The molecule has 8 nitrogen and oxygen atoms in total. The van der Waals surface area contributed by atoms with E-state index in [2.05, 4.69) is 31.6 Å². The number of benzene rings is 4. The third kappa shape index (κ3) is 7.16. The predicted octanol–water partition coefficient (Wildman–Crippen LogP) is 10.3. The van der Waals surface area contributed by atoms with Gasteiger partial charge in [0.2, 0.25) is 0 Å². The number of methoxy groups -OCH3 is 1. The maximum absolute atomic E-state index is 14.8. The van der Waals surface area contributed by atoms with Gasteiger partial charge in [-0.15, -0.1) is 0 Å². The maximum atomic E-state index is 14.8. The van der Waals surface area contributed by atoms with Crippen molar-refractivity contribution in [2.24, 2.45) is 0 Å². The number of aromatic amines is 1. The van der Waals surface area contributed by atoms with E-state index < -0.39 is 0 Å². The molecule has 10 heteroatoms. The molecule has 4 aromatic carbocycles. The first-order valence-corrected chi connectivity index (χ1v) is 19.3. The van der Waals surface area contributed by atoms with E-state index in [4.69, 9.17) is 32.9 Å². The second-order valence-corrected chi connectivity index (χ2v) is 15.0. The highest BCUT2D eigenvalue weighted by Gasteiger charge is 2.30. The highest BCUT2D eigenvalue weighted by molar-refractivity contribution is 6.31. The lowest BCUT2D eigenvalue weighted by atomic mass is 9.94. The molecule has 1 amide bonds. The molecule has 1 saturated heterocycles. The van der Waals surface area contributed by atoms with Crippen LogP contribution in [0.3, 0.4) is 0 Å². The van der Waals surface area contributed by atoms with Gasteiger partial charge in [0.1, 0.15) is 11.4 Å². The van der Waals surface area contributed by atoms with Gasteiger partial charge in [0.15, 0.2) is 0 Å². The number of ether oxygens (including phenoxy) is 1. The number of fused-ring (bicyclic) bond motifs is 1. The minimum Gasteiger partial charge on any atom is -0.497 e. The Morgan fingerprint density at radius 2 is 1.62 bits per heavy atom. The number of carbonyl (C=O) groups is 1. The second-order valence-electron chi connectivity index (χ2n) is 14.2. The smallest absolute Gasteiger partial charge is 0.272 e. The van der Waals surface area contributed by atoms with Crippen molar-refractivity contribution in [3.63, 3.8) is 0 Å². The number of nitrogens with zero attached hydrogens (tertiary/aromatic N) is 4. The molecule has 0 spiro atoms. The number of rotatable bonds is 9. The summed E-state index contributed by atoms with van der Waals surface area (Å²) < 4.78 is 7.82. The summed E-state index contributed by atoms with van der Waals surface area (Å²) in [6.45, 7) is 5.89. The standard InChI is InChI=1S/C43H44Cl2N6O2/c1-28(29-13-15-31(44)16-14-29)51-27-46-40(30-9-5-3-6-10-30)42(51)39-35-19-17-32(45)25-37(35)47-41(39)43(52)48-36-20-18-34(53-2)26-38(36)50-23-21-49(22-24-50)33-11-7-4-8-12-33/h3,5-6,9-10,13-20,25-28,33,47H,4,7-8,11-12,21-24H2,1-2H3,(H,48,52)/t28-/m0/s1. The van der Waals surface area contributed by atoms with E-state index >= 15 is 0 Å². The van der Waals surface area contributed by atoms with Crippen LogP contribution in [0, 0.1) is 0 Å². The van der Waals surface area contributed by atoms with Crippen LogP contribution in [0.1, 0.15) is 61.1 Å². The van der Waals surface area contributed by atoms with Gasteiger partial charge in [0, 0.05) is 70.4 Å². The van der Waals surface area contributed by atoms with Crippen LogP contribution in [-0.4, -0.2) is 64.7 Å². The third-order valence-corrected chi connectivity index (χ3v) is 11.5. The van der Waals surface area contributed by atoms with Crippen molar-refractivity contribution in [3.05, 3.63) is 119 Å². The van der Waals surface area contributed by atoms with E-state index in [0.717, 1.165) is 82.3 Å². The topological polar surface area (TPSA) is 78.4 Å². The number of hydrogen-bond donors (Lipinski definition) is 2. The molecule has 8 rings (SSSR count). The van der Waals surface area contributed by atoms with Crippen molar-refractivity contribution in [3.8, 4) is 28.3 Å². The number of anilines is 2. The van der Waals surface area contributed by atoms with Crippen molar-refractivity contribution in [2.45, 2.75) is 51.1 Å². The van der Waals surface area contributed by atoms with E-state index in [1.807, 2.05) is 97.3 Å². The molecular formula is C43H44Cl2N6O2. The molecule has 0 unspecified atom stereocenters. The molecule has 1 saturated carbocycles. The molecule has 0 bridgehead atoms. The highest BCUT2D eigenvalue weighted by Crippen LogP contribution is 2.42. The van der Waals surface area contributed by atoms with Crippen LogP contribution in [0.15, 0.2) is 97.3 Å². The molecule has 0 radical (unpaired) electrons. The molecule has 6 aromatic rings. The van der Waals surface area contributed by atoms with Crippen LogP contribution >= 0.6 is 23.2 Å². The van der Waals surface area contributed by atoms with Gasteiger partial charge in [-0.25, -0.2) is 4.98 Å². The zero-order valence-corrected chi connectivity index (χ0v) is 31.6. The van der Waals surface area contributed by atoms with Crippen LogP contribution in [0.5, 0.6) is 5.75 Å². The zero-order chi connectivity index (χ0) is 36.5. The number of halogens is 2. The van der Waals surface area contributed by atoms with E-state index in [0.29, 0.717) is 21.8 Å². The van der Waals surface area contributed by atoms with Crippen molar-refractivity contribution in [1.82, 2.24) is 19.4 Å². The Kier molecular flexibility index (Phi) is 10.2. The summed E-state index contributed by atoms with van der Waals surface area (Å²) in [5.74, 6) is 0.492. The van der Waals surface area contributed by atoms with Crippen LogP contribution in [0.2, 0.25) is 10.0 Å². The van der Waals surface area contributed by atoms with Gasteiger partial charge in [0.05, 0.1) is 42.2 Å². The van der Waals surface area contributed by atoms with Crippen LogP contribution < -0.4 is 15.0 Å². The predicted molar refractivity (Wildman–Crippen MR) is 217 cm³/mol. The van der Waals surface area contributed by atoms with E-state index in [1.165, 1.54) is 32.1 Å². The van der Waals surface area contributed by atoms with Crippen molar-refractivity contribution >= 4 is 51.4 Å². The molecule has 1 aliphatic carbocycles. The summed E-state index contributed by atoms with van der Waals surface area (Å²) in [5.41, 5.74) is 7.23. The molecular weight excluding hydrogens is 703 g/mol. The average molecular weight is 748 g/mol. The summed E-state index contributed by atoms with van der Waals surface area (Å²) in [7, 11) is 1.68. The lowest BCUT2D eigenvalue weighted by Crippen LogP contribution is -2.51. The molecule has 2 N–H and O–H groups in total. The van der Waals surface area contributed by atoms with Gasteiger partial charge in [-0.2, -0.15) is 0 Å². The van der Waals surface area contributed by atoms with Gasteiger partial charge < -0.3 is 24.5 Å². The summed E-state index contributed by atoms with van der Waals surface area (Å²) in [4.78, 5) is 28.3. The fourth-order valence-corrected chi connectivity index (χ4v) is 8.46. The largest absolute Gasteiger partial charge is 0.497 e. The summed E-state index contributed by atoms with van der Waals surface area (Å²) in [6, 6.07) is 30.1. The minimum absolute atomic E-state index is 0.124. The van der Waals surface area contributed by atoms with E-state index in [1.54, 1.807) is 7.11 Å². The van der Waals surface area contributed by atoms with Gasteiger partial charge >= 0.3 is 0 Å². The number of imidazole rings is 1. The van der Waals surface area contributed by atoms with Crippen molar-refractivity contribution < 1.29 is 9.53 Å². The first kappa shape index (κ1) is 35.3. The Balaban J connectivity index is 1.20.